The van der Waals surface area contributed by atoms with Crippen LogP contribution in [-0.2, 0) is 10.0 Å². The van der Waals surface area contributed by atoms with Gasteiger partial charge in [-0.15, -0.1) is 0 Å². The van der Waals surface area contributed by atoms with E-state index < -0.39 is 10.0 Å². The average Bonchev–Trinajstić information content (AvgIpc) is 2.56. The van der Waals surface area contributed by atoms with Gasteiger partial charge in [0.05, 0.1) is 16.8 Å². The largest absolute Gasteiger partial charge is 0.368 e. The van der Waals surface area contributed by atoms with Gasteiger partial charge in [-0.1, -0.05) is 18.2 Å². The van der Waals surface area contributed by atoms with E-state index in [-0.39, 0.29) is 4.90 Å². The van der Waals surface area contributed by atoms with Crippen molar-refractivity contribution in [3.05, 3.63) is 48.2 Å². The van der Waals surface area contributed by atoms with Crippen molar-refractivity contribution in [2.45, 2.75) is 11.8 Å². The van der Waals surface area contributed by atoms with Crippen LogP contribution < -0.4 is 9.62 Å². The fourth-order valence-corrected chi connectivity index (χ4v) is 4.00. The molecule has 0 spiro atoms. The summed E-state index contributed by atoms with van der Waals surface area (Å²) in [6.07, 6.45) is 1.72. The van der Waals surface area contributed by atoms with Crippen molar-refractivity contribution < 1.29 is 8.42 Å². The van der Waals surface area contributed by atoms with E-state index in [0.717, 1.165) is 31.9 Å². The fourth-order valence-electron chi connectivity index (χ4n) is 2.75. The Bertz CT molecular complexity index is 798. The van der Waals surface area contributed by atoms with Crippen molar-refractivity contribution in [1.82, 2.24) is 9.88 Å². The summed E-state index contributed by atoms with van der Waals surface area (Å²) in [6.45, 7) is 5.71. The third-order valence-corrected chi connectivity index (χ3v) is 5.75. The number of piperazine rings is 1. The maximum Gasteiger partial charge on any atom is 0.263 e. The van der Waals surface area contributed by atoms with Crippen LogP contribution in [0.15, 0.2) is 47.5 Å². The molecule has 1 fully saturated rings. The summed E-state index contributed by atoms with van der Waals surface area (Å²) in [5.74, 6) is 0.330. The van der Waals surface area contributed by atoms with Crippen LogP contribution in [0.5, 0.6) is 0 Å². The summed E-state index contributed by atoms with van der Waals surface area (Å²) in [4.78, 5) is 9.08. The van der Waals surface area contributed by atoms with E-state index >= 15 is 0 Å². The smallest absolute Gasteiger partial charge is 0.263 e. The van der Waals surface area contributed by atoms with Crippen molar-refractivity contribution >= 4 is 21.5 Å². The molecule has 3 rings (SSSR count). The van der Waals surface area contributed by atoms with Crippen LogP contribution >= 0.6 is 0 Å². The Morgan fingerprint density at radius 2 is 1.75 bits per heavy atom. The molecule has 0 atom stereocenters. The highest BCUT2D eigenvalue weighted by molar-refractivity contribution is 7.92. The molecule has 0 amide bonds. The van der Waals surface area contributed by atoms with E-state index in [4.69, 9.17) is 0 Å². The van der Waals surface area contributed by atoms with Gasteiger partial charge in [0.1, 0.15) is 5.82 Å². The third kappa shape index (κ3) is 3.68. The lowest BCUT2D eigenvalue weighted by Crippen LogP contribution is -2.44. The molecule has 0 bridgehead atoms. The zero-order chi connectivity index (χ0) is 17.2. The molecule has 0 aliphatic carbocycles. The second kappa shape index (κ2) is 6.78. The van der Waals surface area contributed by atoms with Gasteiger partial charge in [0.25, 0.3) is 10.0 Å². The topological polar surface area (TPSA) is 65.5 Å². The van der Waals surface area contributed by atoms with Crippen LogP contribution in [0.1, 0.15) is 5.56 Å². The van der Waals surface area contributed by atoms with Gasteiger partial charge in [0.15, 0.2) is 0 Å². The molecule has 24 heavy (non-hydrogen) atoms. The highest BCUT2D eigenvalue weighted by Gasteiger charge is 2.18. The first-order chi connectivity index (χ1) is 11.5. The molecule has 2 heterocycles. The van der Waals surface area contributed by atoms with Crippen molar-refractivity contribution in [2.24, 2.45) is 0 Å². The SMILES string of the molecule is Cc1ccccc1S(=O)(=O)Nc1ccc(N2CCN(C)CC2)cn1. The lowest BCUT2D eigenvalue weighted by Gasteiger charge is -2.33. The van der Waals surface area contributed by atoms with E-state index in [9.17, 15) is 8.42 Å². The van der Waals surface area contributed by atoms with Crippen LogP contribution in [0, 0.1) is 6.92 Å². The van der Waals surface area contributed by atoms with Gasteiger partial charge in [0, 0.05) is 26.2 Å². The minimum Gasteiger partial charge on any atom is -0.368 e. The van der Waals surface area contributed by atoms with Gasteiger partial charge in [-0.3, -0.25) is 4.72 Å². The highest BCUT2D eigenvalue weighted by atomic mass is 32.2. The zero-order valence-corrected chi connectivity index (χ0v) is 14.8. The minimum atomic E-state index is -3.62. The number of hydrogen-bond acceptors (Lipinski definition) is 5. The summed E-state index contributed by atoms with van der Waals surface area (Å²) >= 11 is 0. The predicted octanol–water partition coefficient (Wildman–Crippen LogP) is 1.94. The van der Waals surface area contributed by atoms with Gasteiger partial charge in [-0.05, 0) is 37.7 Å². The van der Waals surface area contributed by atoms with Crippen molar-refractivity contribution in [1.29, 1.82) is 0 Å². The number of hydrogen-bond donors (Lipinski definition) is 1. The second-order valence-electron chi connectivity index (χ2n) is 6.06. The number of aryl methyl sites for hydroxylation is 1. The second-order valence-corrected chi connectivity index (χ2v) is 7.71. The summed E-state index contributed by atoms with van der Waals surface area (Å²) in [5.41, 5.74) is 1.72. The molecule has 0 saturated carbocycles. The number of aromatic nitrogens is 1. The van der Waals surface area contributed by atoms with Crippen LogP contribution in [0.25, 0.3) is 0 Å². The van der Waals surface area contributed by atoms with Gasteiger partial charge in [0.2, 0.25) is 0 Å². The summed E-state index contributed by atoms with van der Waals surface area (Å²) < 4.78 is 27.5. The molecule has 1 saturated heterocycles. The Labute approximate surface area is 143 Å². The Balaban J connectivity index is 1.73. The molecule has 7 heteroatoms. The molecule has 0 unspecified atom stereocenters. The quantitative estimate of drug-likeness (QED) is 0.916. The average molecular weight is 346 g/mol. The van der Waals surface area contributed by atoms with Gasteiger partial charge < -0.3 is 9.80 Å². The van der Waals surface area contributed by atoms with E-state index in [2.05, 4.69) is 26.6 Å². The van der Waals surface area contributed by atoms with Crippen molar-refractivity contribution in [2.75, 3.05) is 42.8 Å². The molecule has 1 aliphatic heterocycles. The summed E-state index contributed by atoms with van der Waals surface area (Å²) in [5, 5.41) is 0. The number of nitrogens with zero attached hydrogens (tertiary/aromatic N) is 3. The van der Waals surface area contributed by atoms with Gasteiger partial charge in [-0.25, -0.2) is 13.4 Å². The van der Waals surface area contributed by atoms with Crippen LogP contribution in [-0.4, -0.2) is 51.5 Å². The first kappa shape index (κ1) is 16.7. The molecule has 1 aromatic carbocycles. The Morgan fingerprint density at radius 3 is 2.38 bits per heavy atom. The number of rotatable bonds is 4. The molecule has 1 aliphatic rings. The first-order valence-corrected chi connectivity index (χ1v) is 9.42. The Morgan fingerprint density at radius 1 is 1.04 bits per heavy atom. The Hall–Kier alpha value is -2.12. The number of anilines is 2. The van der Waals surface area contributed by atoms with E-state index in [0.29, 0.717) is 11.4 Å². The third-order valence-electron chi connectivity index (χ3n) is 4.24. The summed E-state index contributed by atoms with van der Waals surface area (Å²) in [6, 6.07) is 10.5. The van der Waals surface area contributed by atoms with Crippen molar-refractivity contribution in [3.8, 4) is 0 Å². The van der Waals surface area contributed by atoms with E-state index in [1.807, 2.05) is 12.1 Å². The fraction of sp³-hybridized carbons (Fsp3) is 0.353. The molecule has 2 aromatic rings. The van der Waals surface area contributed by atoms with Crippen LogP contribution in [0.4, 0.5) is 11.5 Å². The normalized spacial score (nSPS) is 16.2. The zero-order valence-electron chi connectivity index (χ0n) is 13.9. The maximum absolute atomic E-state index is 12.5. The predicted molar refractivity (Wildman–Crippen MR) is 95.9 cm³/mol. The van der Waals surface area contributed by atoms with Gasteiger partial charge in [-0.2, -0.15) is 0 Å². The lowest BCUT2D eigenvalue weighted by molar-refractivity contribution is 0.313. The first-order valence-electron chi connectivity index (χ1n) is 7.94. The van der Waals surface area contributed by atoms with Gasteiger partial charge >= 0.3 is 0 Å². The number of pyridine rings is 1. The maximum atomic E-state index is 12.5. The Kier molecular flexibility index (Phi) is 4.73. The molecule has 0 radical (unpaired) electrons. The van der Waals surface area contributed by atoms with E-state index in [1.54, 1.807) is 37.4 Å². The van der Waals surface area contributed by atoms with Crippen molar-refractivity contribution in [3.63, 3.8) is 0 Å². The minimum absolute atomic E-state index is 0.273. The monoisotopic (exact) mass is 346 g/mol. The number of likely N-dealkylation sites (N-methyl/N-ethyl adjacent to an activating group) is 1. The molecule has 1 aromatic heterocycles. The van der Waals surface area contributed by atoms with Crippen LogP contribution in [0.3, 0.4) is 0 Å². The lowest BCUT2D eigenvalue weighted by atomic mass is 10.2. The molecule has 6 nitrogen and oxygen atoms in total. The molecular formula is C17H22N4O2S. The summed E-state index contributed by atoms with van der Waals surface area (Å²) in [7, 11) is -1.51. The van der Waals surface area contributed by atoms with E-state index in [1.165, 1.54) is 0 Å². The highest BCUT2D eigenvalue weighted by Crippen LogP contribution is 2.20. The number of benzene rings is 1. The standard InChI is InChI=1S/C17H22N4O2S/c1-14-5-3-4-6-16(14)24(22,23)19-17-8-7-15(13-18-17)21-11-9-20(2)10-12-21/h3-8,13H,9-12H2,1-2H3,(H,18,19). The molecule has 128 valence electrons. The number of nitrogens with one attached hydrogen (secondary N) is 1. The number of sulfonamides is 1. The molecule has 1 N–H and O–H groups in total. The molecular weight excluding hydrogens is 324 g/mol. The van der Waals surface area contributed by atoms with Crippen LogP contribution in [0.2, 0.25) is 0 Å².